The summed E-state index contributed by atoms with van der Waals surface area (Å²) >= 11 is 0. The molecule has 4 heteroatoms. The van der Waals surface area contributed by atoms with Crippen LogP contribution < -0.4 is 0 Å². The first-order chi connectivity index (χ1) is 16.9. The van der Waals surface area contributed by atoms with E-state index < -0.39 is 0 Å². The average molecular weight is 523 g/mol. The van der Waals surface area contributed by atoms with E-state index >= 15 is 0 Å². The third kappa shape index (κ3) is 14.7. The zero-order chi connectivity index (χ0) is 28.3. The van der Waals surface area contributed by atoms with Crippen molar-refractivity contribution in [1.82, 2.24) is 19.6 Å². The first-order valence-corrected chi connectivity index (χ1v) is 15.9. The fourth-order valence-corrected chi connectivity index (χ4v) is 5.50. The smallest absolute Gasteiger partial charge is 0.0125 e. The van der Waals surface area contributed by atoms with Crippen molar-refractivity contribution in [3.05, 3.63) is 0 Å². The molecular weight excluding hydrogens is 452 g/mol. The summed E-state index contributed by atoms with van der Waals surface area (Å²) in [6.07, 6.45) is 12.7. The number of rotatable bonds is 0. The van der Waals surface area contributed by atoms with Crippen molar-refractivity contribution < 1.29 is 0 Å². The Labute approximate surface area is 234 Å². The van der Waals surface area contributed by atoms with Crippen molar-refractivity contribution in [3.8, 4) is 0 Å². The van der Waals surface area contributed by atoms with E-state index in [1.165, 1.54) is 110 Å². The van der Waals surface area contributed by atoms with Gasteiger partial charge in [0.1, 0.15) is 0 Å². The molecular formula is C33H70N4. The molecule has 0 N–H and O–H groups in total. The number of likely N-dealkylation sites (tertiary alicyclic amines) is 4. The molecule has 4 saturated heterocycles. The van der Waals surface area contributed by atoms with Crippen LogP contribution in [-0.4, -0.2) is 94.1 Å². The molecule has 0 aromatic rings. The lowest BCUT2D eigenvalue weighted by Crippen LogP contribution is -2.49. The van der Waals surface area contributed by atoms with Gasteiger partial charge in [0.15, 0.2) is 0 Å². The summed E-state index contributed by atoms with van der Waals surface area (Å²) < 4.78 is 0. The van der Waals surface area contributed by atoms with Crippen molar-refractivity contribution in [2.75, 3.05) is 52.4 Å². The third-order valence-electron chi connectivity index (χ3n) is 8.47. The summed E-state index contributed by atoms with van der Waals surface area (Å²) in [5.41, 5.74) is 1.65. The Hall–Kier alpha value is -0.160. The number of hydrogen-bond acceptors (Lipinski definition) is 4. The van der Waals surface area contributed by atoms with Gasteiger partial charge in [0.2, 0.25) is 0 Å². The molecule has 0 bridgehead atoms. The molecule has 0 aromatic heterocycles. The summed E-state index contributed by atoms with van der Waals surface area (Å²) in [7, 11) is 0. The van der Waals surface area contributed by atoms with Gasteiger partial charge in [-0.3, -0.25) is 19.6 Å². The van der Waals surface area contributed by atoms with Crippen LogP contribution in [0, 0.1) is 0 Å². The maximum atomic E-state index is 2.58. The van der Waals surface area contributed by atoms with Crippen LogP contribution in [0.3, 0.4) is 0 Å². The maximum Gasteiger partial charge on any atom is 0.0125 e. The van der Waals surface area contributed by atoms with Crippen LogP contribution in [0.2, 0.25) is 0 Å². The zero-order valence-electron chi connectivity index (χ0n) is 27.8. The Morgan fingerprint density at radius 3 is 0.514 bits per heavy atom. The minimum atomic E-state index is 0.403. The Morgan fingerprint density at radius 2 is 0.405 bits per heavy atom. The highest BCUT2D eigenvalue weighted by Crippen LogP contribution is 2.21. The first-order valence-electron chi connectivity index (χ1n) is 15.9. The lowest BCUT2D eigenvalue weighted by molar-refractivity contribution is 0.0690. The standard InChI is InChI=1S/2C9H19N.C8H17N.C7H15N/c2*1-9(2,3)10-7-5-4-6-8-10;1-8(2,3)9-6-4-5-7-9;1-7(2,3)8-5-4-6-8/h2*4-8H2,1-3H3;4-7H2,1-3H3;4-6H2,1-3H3. The minimum absolute atomic E-state index is 0.403. The van der Waals surface area contributed by atoms with Gasteiger partial charge in [-0.15, -0.1) is 0 Å². The van der Waals surface area contributed by atoms with Crippen LogP contribution in [0.25, 0.3) is 0 Å². The molecule has 0 spiro atoms. The molecule has 0 unspecified atom stereocenters. The highest BCUT2D eigenvalue weighted by atomic mass is 15.2. The van der Waals surface area contributed by atoms with Crippen molar-refractivity contribution in [3.63, 3.8) is 0 Å². The zero-order valence-corrected chi connectivity index (χ0v) is 27.8. The first kappa shape index (κ1) is 34.9. The highest BCUT2D eigenvalue weighted by Gasteiger charge is 2.26. The normalized spacial score (nSPS) is 23.0. The largest absolute Gasteiger partial charge is 0.298 e. The van der Waals surface area contributed by atoms with Gasteiger partial charge in [-0.05, 0) is 180 Å². The average Bonchev–Trinajstić information content (AvgIpc) is 3.29. The van der Waals surface area contributed by atoms with E-state index in [4.69, 9.17) is 0 Å². The molecule has 0 saturated carbocycles. The van der Waals surface area contributed by atoms with Crippen LogP contribution in [0.5, 0.6) is 0 Å². The van der Waals surface area contributed by atoms with Crippen molar-refractivity contribution >= 4 is 0 Å². The van der Waals surface area contributed by atoms with Crippen molar-refractivity contribution in [1.29, 1.82) is 0 Å². The summed E-state index contributed by atoms with van der Waals surface area (Å²) in [4.78, 5) is 10.2. The molecule has 0 atom stereocenters. The molecule has 4 nitrogen and oxygen atoms in total. The summed E-state index contributed by atoms with van der Waals surface area (Å²) in [6.45, 7) is 38.0. The van der Waals surface area contributed by atoms with E-state index in [0.29, 0.717) is 22.2 Å². The van der Waals surface area contributed by atoms with Gasteiger partial charge in [-0.25, -0.2) is 0 Å². The highest BCUT2D eigenvalue weighted by molar-refractivity contribution is 4.82. The van der Waals surface area contributed by atoms with Crippen LogP contribution in [-0.2, 0) is 0 Å². The summed E-state index contributed by atoms with van der Waals surface area (Å²) in [6, 6.07) is 0. The summed E-state index contributed by atoms with van der Waals surface area (Å²) in [5.74, 6) is 0. The second kappa shape index (κ2) is 15.6. The van der Waals surface area contributed by atoms with Crippen LogP contribution in [0.1, 0.15) is 141 Å². The predicted octanol–water partition coefficient (Wildman–Crippen LogP) is 7.91. The molecule has 0 radical (unpaired) electrons. The van der Waals surface area contributed by atoms with Gasteiger partial charge in [-0.2, -0.15) is 0 Å². The number of nitrogens with zero attached hydrogens (tertiary/aromatic N) is 4. The fourth-order valence-electron chi connectivity index (χ4n) is 5.50. The van der Waals surface area contributed by atoms with E-state index in [2.05, 4.69) is 103 Å². The van der Waals surface area contributed by atoms with Crippen molar-refractivity contribution in [2.45, 2.75) is 163 Å². The molecule has 4 aliphatic rings. The molecule has 0 aromatic carbocycles. The summed E-state index contributed by atoms with van der Waals surface area (Å²) in [5, 5.41) is 0. The molecule has 4 rings (SSSR count). The van der Waals surface area contributed by atoms with E-state index in [1.807, 2.05) is 0 Å². The molecule has 0 amide bonds. The van der Waals surface area contributed by atoms with Gasteiger partial charge in [0.25, 0.3) is 0 Å². The Balaban J connectivity index is 0.000000248. The fraction of sp³-hybridized carbons (Fsp3) is 1.00. The van der Waals surface area contributed by atoms with Crippen LogP contribution >= 0.6 is 0 Å². The second-order valence-electron chi connectivity index (χ2n) is 15.8. The monoisotopic (exact) mass is 523 g/mol. The Kier molecular flexibility index (Phi) is 14.7. The topological polar surface area (TPSA) is 13.0 Å². The quantitative estimate of drug-likeness (QED) is 0.320. The van der Waals surface area contributed by atoms with E-state index in [1.54, 1.807) is 0 Å². The Bertz CT molecular complexity index is 537. The van der Waals surface area contributed by atoms with E-state index in [-0.39, 0.29) is 0 Å². The number of hydrogen-bond donors (Lipinski definition) is 0. The van der Waals surface area contributed by atoms with Gasteiger partial charge in [-0.1, -0.05) is 12.8 Å². The van der Waals surface area contributed by atoms with Gasteiger partial charge >= 0.3 is 0 Å². The molecule has 4 fully saturated rings. The molecule has 37 heavy (non-hydrogen) atoms. The minimum Gasteiger partial charge on any atom is -0.298 e. The van der Waals surface area contributed by atoms with Gasteiger partial charge in [0.05, 0.1) is 0 Å². The van der Waals surface area contributed by atoms with Crippen molar-refractivity contribution in [2.24, 2.45) is 0 Å². The Morgan fingerprint density at radius 1 is 0.243 bits per heavy atom. The lowest BCUT2D eigenvalue weighted by atomic mass is 10.0. The van der Waals surface area contributed by atoms with Crippen LogP contribution in [0.4, 0.5) is 0 Å². The SMILES string of the molecule is CC(C)(C)N1CCC1.CC(C)(C)N1CCCC1.CC(C)(C)N1CCCCC1.CC(C)(C)N1CCCCC1. The van der Waals surface area contributed by atoms with E-state index in [9.17, 15) is 0 Å². The predicted molar refractivity (Wildman–Crippen MR) is 167 cm³/mol. The van der Waals surface area contributed by atoms with E-state index in [0.717, 1.165) is 0 Å². The maximum absolute atomic E-state index is 2.58. The second-order valence-corrected chi connectivity index (χ2v) is 15.8. The van der Waals surface area contributed by atoms with Crippen LogP contribution in [0.15, 0.2) is 0 Å². The lowest BCUT2D eigenvalue weighted by Gasteiger charge is -2.42. The van der Waals surface area contributed by atoms with Gasteiger partial charge < -0.3 is 0 Å². The molecule has 0 aliphatic carbocycles. The van der Waals surface area contributed by atoms with Gasteiger partial charge in [0, 0.05) is 22.2 Å². The molecule has 4 aliphatic heterocycles. The molecule has 4 heterocycles. The molecule has 222 valence electrons. The third-order valence-corrected chi connectivity index (χ3v) is 8.47. The number of piperidine rings is 2.